The van der Waals surface area contributed by atoms with Gasteiger partial charge in [0.25, 0.3) is 0 Å². The van der Waals surface area contributed by atoms with Gasteiger partial charge in [-0.15, -0.1) is 11.3 Å². The zero-order valence-electron chi connectivity index (χ0n) is 9.29. The molecule has 0 fully saturated rings. The summed E-state index contributed by atoms with van der Waals surface area (Å²) in [4.78, 5) is 4.37. The van der Waals surface area contributed by atoms with E-state index in [4.69, 9.17) is 0 Å². The first kappa shape index (κ1) is 11.7. The van der Waals surface area contributed by atoms with Gasteiger partial charge in [-0.25, -0.2) is 4.98 Å². The van der Waals surface area contributed by atoms with E-state index in [1.807, 2.05) is 5.51 Å². The van der Waals surface area contributed by atoms with E-state index in [9.17, 15) is 0 Å². The Balaban J connectivity index is 2.47. The minimum absolute atomic E-state index is 0.452. The third-order valence-corrected chi connectivity index (χ3v) is 2.90. The van der Waals surface area contributed by atoms with Gasteiger partial charge in [-0.1, -0.05) is 20.8 Å². The molecular weight excluding hydrogens is 192 g/mol. The molecule has 0 amide bonds. The molecule has 0 spiro atoms. The molecular formula is C11H20N2S. The molecule has 0 radical (unpaired) electrons. The van der Waals surface area contributed by atoms with E-state index in [1.165, 1.54) is 18.5 Å². The Morgan fingerprint density at radius 1 is 1.43 bits per heavy atom. The maximum absolute atomic E-state index is 4.37. The van der Waals surface area contributed by atoms with Crippen molar-refractivity contribution < 1.29 is 0 Å². The van der Waals surface area contributed by atoms with E-state index in [0.29, 0.717) is 6.04 Å². The molecule has 0 bridgehead atoms. The summed E-state index contributed by atoms with van der Waals surface area (Å²) in [6, 6.07) is 0.452. The SMILES string of the molecule is CCNC(CCC(C)C)c1cscn1. The zero-order chi connectivity index (χ0) is 10.4. The van der Waals surface area contributed by atoms with Crippen molar-refractivity contribution in [3.8, 4) is 0 Å². The molecule has 0 saturated heterocycles. The van der Waals surface area contributed by atoms with Gasteiger partial charge in [0.05, 0.1) is 17.2 Å². The molecule has 1 heterocycles. The minimum atomic E-state index is 0.452. The number of hydrogen-bond acceptors (Lipinski definition) is 3. The number of nitrogens with zero attached hydrogens (tertiary/aromatic N) is 1. The van der Waals surface area contributed by atoms with Gasteiger partial charge in [0.1, 0.15) is 0 Å². The highest BCUT2D eigenvalue weighted by Crippen LogP contribution is 2.20. The Kier molecular flexibility index (Phi) is 5.12. The third-order valence-electron chi connectivity index (χ3n) is 2.29. The number of hydrogen-bond donors (Lipinski definition) is 1. The Morgan fingerprint density at radius 3 is 2.71 bits per heavy atom. The van der Waals surface area contributed by atoms with Crippen LogP contribution in [0.5, 0.6) is 0 Å². The lowest BCUT2D eigenvalue weighted by atomic mass is 10.0. The van der Waals surface area contributed by atoms with Gasteiger partial charge in [0, 0.05) is 5.38 Å². The molecule has 1 aromatic rings. The van der Waals surface area contributed by atoms with Crippen molar-refractivity contribution in [2.24, 2.45) is 5.92 Å². The lowest BCUT2D eigenvalue weighted by Gasteiger charge is -2.16. The van der Waals surface area contributed by atoms with Crippen molar-refractivity contribution in [1.29, 1.82) is 0 Å². The molecule has 1 N–H and O–H groups in total. The highest BCUT2D eigenvalue weighted by Gasteiger charge is 2.12. The fourth-order valence-electron chi connectivity index (χ4n) is 1.49. The van der Waals surface area contributed by atoms with Crippen molar-refractivity contribution in [2.75, 3.05) is 6.54 Å². The topological polar surface area (TPSA) is 24.9 Å². The fraction of sp³-hybridized carbons (Fsp3) is 0.727. The highest BCUT2D eigenvalue weighted by molar-refractivity contribution is 7.07. The summed E-state index contributed by atoms with van der Waals surface area (Å²) in [7, 11) is 0. The molecule has 1 rings (SSSR count). The average molecular weight is 212 g/mol. The summed E-state index contributed by atoms with van der Waals surface area (Å²) >= 11 is 1.68. The fourth-order valence-corrected chi connectivity index (χ4v) is 2.10. The summed E-state index contributed by atoms with van der Waals surface area (Å²) in [5.74, 6) is 0.773. The second kappa shape index (κ2) is 6.14. The van der Waals surface area contributed by atoms with E-state index in [1.54, 1.807) is 11.3 Å². The quantitative estimate of drug-likeness (QED) is 0.783. The maximum atomic E-state index is 4.37. The van der Waals surface area contributed by atoms with Gasteiger partial charge < -0.3 is 5.32 Å². The molecule has 2 nitrogen and oxygen atoms in total. The molecule has 3 heteroatoms. The van der Waals surface area contributed by atoms with Crippen LogP contribution >= 0.6 is 11.3 Å². The second-order valence-corrected chi connectivity index (χ2v) is 4.71. The predicted octanol–water partition coefficient (Wildman–Crippen LogP) is 3.23. The highest BCUT2D eigenvalue weighted by atomic mass is 32.1. The Bertz CT molecular complexity index is 231. The summed E-state index contributed by atoms with van der Waals surface area (Å²) in [5, 5.41) is 5.63. The summed E-state index contributed by atoms with van der Waals surface area (Å²) in [5.41, 5.74) is 3.12. The van der Waals surface area contributed by atoms with Gasteiger partial charge in [-0.3, -0.25) is 0 Å². The predicted molar refractivity (Wildman–Crippen MR) is 62.6 cm³/mol. The molecule has 80 valence electrons. The van der Waals surface area contributed by atoms with Crippen LogP contribution in [0.3, 0.4) is 0 Å². The number of nitrogens with one attached hydrogen (secondary N) is 1. The Labute approximate surface area is 90.8 Å². The van der Waals surface area contributed by atoms with Crippen LogP contribution in [0.15, 0.2) is 10.9 Å². The first-order chi connectivity index (χ1) is 6.74. The smallest absolute Gasteiger partial charge is 0.0795 e. The van der Waals surface area contributed by atoms with Crippen LogP contribution in [0.4, 0.5) is 0 Å². The molecule has 1 aromatic heterocycles. The summed E-state index contributed by atoms with van der Waals surface area (Å²) in [6.45, 7) is 7.70. The van der Waals surface area contributed by atoms with Crippen LogP contribution in [0.1, 0.15) is 45.3 Å². The van der Waals surface area contributed by atoms with Gasteiger partial charge in [-0.2, -0.15) is 0 Å². The lowest BCUT2D eigenvalue weighted by molar-refractivity contribution is 0.443. The van der Waals surface area contributed by atoms with E-state index in [-0.39, 0.29) is 0 Å². The van der Waals surface area contributed by atoms with E-state index < -0.39 is 0 Å². The Hall–Kier alpha value is -0.410. The average Bonchev–Trinajstić information content (AvgIpc) is 2.64. The van der Waals surface area contributed by atoms with Gasteiger partial charge in [-0.05, 0) is 25.3 Å². The molecule has 0 aromatic carbocycles. The van der Waals surface area contributed by atoms with Crippen molar-refractivity contribution in [3.05, 3.63) is 16.6 Å². The van der Waals surface area contributed by atoms with Gasteiger partial charge in [0.2, 0.25) is 0 Å². The van der Waals surface area contributed by atoms with Crippen LogP contribution in [-0.2, 0) is 0 Å². The van der Waals surface area contributed by atoms with Crippen molar-refractivity contribution >= 4 is 11.3 Å². The van der Waals surface area contributed by atoms with Gasteiger partial charge in [0.15, 0.2) is 0 Å². The van der Waals surface area contributed by atoms with Crippen LogP contribution < -0.4 is 5.32 Å². The van der Waals surface area contributed by atoms with Crippen molar-refractivity contribution in [2.45, 2.75) is 39.7 Å². The van der Waals surface area contributed by atoms with Crippen LogP contribution in [0.25, 0.3) is 0 Å². The van der Waals surface area contributed by atoms with Crippen molar-refractivity contribution in [3.63, 3.8) is 0 Å². The first-order valence-corrected chi connectivity index (χ1v) is 6.29. The first-order valence-electron chi connectivity index (χ1n) is 5.35. The van der Waals surface area contributed by atoms with E-state index in [2.05, 4.69) is 36.5 Å². The zero-order valence-corrected chi connectivity index (χ0v) is 10.1. The molecule has 0 aliphatic heterocycles. The monoisotopic (exact) mass is 212 g/mol. The molecule has 1 unspecified atom stereocenters. The van der Waals surface area contributed by atoms with E-state index in [0.717, 1.165) is 12.5 Å². The number of aromatic nitrogens is 1. The molecule has 14 heavy (non-hydrogen) atoms. The number of rotatable bonds is 6. The second-order valence-electron chi connectivity index (χ2n) is 3.99. The van der Waals surface area contributed by atoms with Crippen LogP contribution in [-0.4, -0.2) is 11.5 Å². The van der Waals surface area contributed by atoms with Crippen LogP contribution in [0, 0.1) is 5.92 Å². The van der Waals surface area contributed by atoms with Crippen LogP contribution in [0.2, 0.25) is 0 Å². The molecule has 0 aliphatic carbocycles. The molecule has 0 saturated carbocycles. The summed E-state index contributed by atoms with van der Waals surface area (Å²) in [6.07, 6.45) is 2.45. The largest absolute Gasteiger partial charge is 0.309 e. The minimum Gasteiger partial charge on any atom is -0.309 e. The summed E-state index contributed by atoms with van der Waals surface area (Å²) < 4.78 is 0. The third kappa shape index (κ3) is 3.76. The van der Waals surface area contributed by atoms with Gasteiger partial charge >= 0.3 is 0 Å². The number of thiazole rings is 1. The molecule has 0 aliphatic rings. The Morgan fingerprint density at radius 2 is 2.21 bits per heavy atom. The normalized spacial score (nSPS) is 13.4. The van der Waals surface area contributed by atoms with Crippen molar-refractivity contribution in [1.82, 2.24) is 10.3 Å². The molecule has 1 atom stereocenters. The standard InChI is InChI=1S/C11H20N2S/c1-4-12-10(6-5-9(2)3)11-7-14-8-13-11/h7-10,12H,4-6H2,1-3H3. The lowest BCUT2D eigenvalue weighted by Crippen LogP contribution is -2.21. The van der Waals surface area contributed by atoms with E-state index >= 15 is 0 Å². The maximum Gasteiger partial charge on any atom is 0.0795 e.